The highest BCUT2D eigenvalue weighted by Crippen LogP contribution is 2.22. The number of aliphatic hydroxyl groups is 1. The molecule has 0 radical (unpaired) electrons. The summed E-state index contributed by atoms with van der Waals surface area (Å²) in [5.74, 6) is -0.671. The molecule has 170 valence electrons. The van der Waals surface area contributed by atoms with E-state index < -0.39 is 12.1 Å². The summed E-state index contributed by atoms with van der Waals surface area (Å²) in [5.41, 5.74) is 8.11. The second-order valence-electron chi connectivity index (χ2n) is 7.89. The smallest absolute Gasteiger partial charge is 0.268 e. The Morgan fingerprint density at radius 2 is 2.09 bits per heavy atom. The molecule has 0 saturated carbocycles. The second kappa shape index (κ2) is 10.1. The molecule has 0 aliphatic rings. The summed E-state index contributed by atoms with van der Waals surface area (Å²) in [6, 6.07) is 11.7. The third-order valence-corrected chi connectivity index (χ3v) is 5.48. The van der Waals surface area contributed by atoms with Gasteiger partial charge in [-0.25, -0.2) is 4.98 Å². The number of pyridine rings is 1. The zero-order valence-electron chi connectivity index (χ0n) is 18.1. The summed E-state index contributed by atoms with van der Waals surface area (Å²) in [6.45, 7) is 0.691. The number of anilines is 1. The van der Waals surface area contributed by atoms with Crippen molar-refractivity contribution in [2.45, 2.75) is 38.5 Å². The first kappa shape index (κ1) is 22.2. The van der Waals surface area contributed by atoms with Crippen molar-refractivity contribution >= 4 is 28.4 Å². The van der Waals surface area contributed by atoms with Gasteiger partial charge in [-0.2, -0.15) is 0 Å². The number of amides is 2. The molecule has 1 aromatic carbocycles. The van der Waals surface area contributed by atoms with Gasteiger partial charge < -0.3 is 25.3 Å². The Morgan fingerprint density at radius 3 is 2.85 bits per heavy atom. The van der Waals surface area contributed by atoms with Crippen LogP contribution in [0.1, 0.15) is 41.5 Å². The molecule has 0 bridgehead atoms. The van der Waals surface area contributed by atoms with Gasteiger partial charge in [-0.1, -0.05) is 12.1 Å². The molecule has 0 fully saturated rings. The Morgan fingerprint density at radius 1 is 1.21 bits per heavy atom. The van der Waals surface area contributed by atoms with Gasteiger partial charge in [0.1, 0.15) is 11.9 Å². The van der Waals surface area contributed by atoms with Gasteiger partial charge >= 0.3 is 0 Å². The largest absolute Gasteiger partial charge is 0.373 e. The van der Waals surface area contributed by atoms with Gasteiger partial charge in [0.05, 0.1) is 11.8 Å². The normalized spacial score (nSPS) is 12.0. The maximum Gasteiger partial charge on any atom is 0.268 e. The van der Waals surface area contributed by atoms with Crippen LogP contribution in [0.5, 0.6) is 0 Å². The van der Waals surface area contributed by atoms with E-state index in [9.17, 15) is 14.7 Å². The minimum Gasteiger partial charge on any atom is -0.373 e. The molecule has 9 nitrogen and oxygen atoms in total. The van der Waals surface area contributed by atoms with Crippen LogP contribution in [0.3, 0.4) is 0 Å². The van der Waals surface area contributed by atoms with Crippen molar-refractivity contribution < 1.29 is 14.7 Å². The highest BCUT2D eigenvalue weighted by molar-refractivity contribution is 5.94. The summed E-state index contributed by atoms with van der Waals surface area (Å²) in [7, 11) is 0. The molecule has 3 aromatic heterocycles. The highest BCUT2D eigenvalue weighted by atomic mass is 16.3. The summed E-state index contributed by atoms with van der Waals surface area (Å²) in [6.07, 6.45) is 9.75. The number of nitrogens with one attached hydrogen (secondary N) is 1. The monoisotopic (exact) mass is 446 g/mol. The maximum absolute atomic E-state index is 12.4. The minimum atomic E-state index is -0.790. The molecule has 2 amide bonds. The zero-order chi connectivity index (χ0) is 23.2. The van der Waals surface area contributed by atoms with E-state index in [1.807, 2.05) is 42.6 Å². The Labute approximate surface area is 190 Å². The van der Waals surface area contributed by atoms with Gasteiger partial charge in [-0.05, 0) is 54.5 Å². The van der Waals surface area contributed by atoms with Gasteiger partial charge in [-0.3, -0.25) is 14.6 Å². The number of imidazole rings is 1. The van der Waals surface area contributed by atoms with Crippen LogP contribution in [-0.4, -0.2) is 36.0 Å². The lowest BCUT2D eigenvalue weighted by Gasteiger charge is -2.13. The Balaban J connectivity index is 1.33. The summed E-state index contributed by atoms with van der Waals surface area (Å²) < 4.78 is 3.57. The van der Waals surface area contributed by atoms with Crippen LogP contribution < -0.4 is 11.1 Å². The van der Waals surface area contributed by atoms with Gasteiger partial charge in [0.2, 0.25) is 5.91 Å². The van der Waals surface area contributed by atoms with E-state index in [4.69, 9.17) is 5.73 Å². The first-order valence-corrected chi connectivity index (χ1v) is 10.8. The van der Waals surface area contributed by atoms with E-state index in [0.29, 0.717) is 32.2 Å². The SMILES string of the molecule is NC(=O)c1cn(C(O)CCCn2ccc3ccc(NC(=O)CCc4cccnc4)cc32)cn1. The molecule has 33 heavy (non-hydrogen) atoms. The van der Waals surface area contributed by atoms with Crippen molar-refractivity contribution in [2.75, 3.05) is 5.32 Å². The molecule has 4 N–H and O–H groups in total. The number of aliphatic hydroxyl groups excluding tert-OH is 1. The quantitative estimate of drug-likeness (QED) is 0.345. The summed E-state index contributed by atoms with van der Waals surface area (Å²) in [4.78, 5) is 31.5. The van der Waals surface area contributed by atoms with E-state index in [-0.39, 0.29) is 11.6 Å². The Hall–Kier alpha value is -3.98. The first-order chi connectivity index (χ1) is 16.0. The van der Waals surface area contributed by atoms with Gasteiger partial charge in [0, 0.05) is 43.4 Å². The van der Waals surface area contributed by atoms with E-state index in [1.165, 1.54) is 17.1 Å². The average Bonchev–Trinajstić information content (AvgIpc) is 3.46. The summed E-state index contributed by atoms with van der Waals surface area (Å²) in [5, 5.41) is 14.4. The standard InChI is InChI=1S/C24H26N6O3/c25-24(33)20-15-30(16-27-20)23(32)4-2-11-29-12-9-18-6-7-19(13-21(18)29)28-22(31)8-5-17-3-1-10-26-14-17/h1,3,6-7,9-10,12-16,23,32H,2,4-5,8,11H2,(H2,25,33)(H,28,31). The lowest BCUT2D eigenvalue weighted by Crippen LogP contribution is -2.12. The van der Waals surface area contributed by atoms with Crippen molar-refractivity contribution in [3.8, 4) is 0 Å². The minimum absolute atomic E-state index is 0.0462. The van der Waals surface area contributed by atoms with Crippen LogP contribution in [0.4, 0.5) is 5.69 Å². The van der Waals surface area contributed by atoms with E-state index in [1.54, 1.807) is 12.4 Å². The number of carbonyl (C=O) groups is 2. The predicted octanol–water partition coefficient (Wildman–Crippen LogP) is 2.87. The van der Waals surface area contributed by atoms with Crippen molar-refractivity contribution in [2.24, 2.45) is 5.73 Å². The van der Waals surface area contributed by atoms with Crippen LogP contribution in [0.15, 0.2) is 67.5 Å². The van der Waals surface area contributed by atoms with Gasteiger partial charge in [0.15, 0.2) is 0 Å². The molecule has 0 saturated heterocycles. The van der Waals surface area contributed by atoms with E-state index >= 15 is 0 Å². The van der Waals surface area contributed by atoms with Crippen molar-refractivity contribution in [1.29, 1.82) is 0 Å². The lowest BCUT2D eigenvalue weighted by atomic mass is 10.1. The molecule has 9 heteroatoms. The molecule has 1 unspecified atom stereocenters. The number of nitrogens with zero attached hydrogens (tertiary/aromatic N) is 4. The number of hydrogen-bond donors (Lipinski definition) is 3. The van der Waals surface area contributed by atoms with E-state index in [2.05, 4.69) is 19.9 Å². The average molecular weight is 447 g/mol. The number of primary amides is 1. The Bertz CT molecular complexity index is 1250. The van der Waals surface area contributed by atoms with Crippen LogP contribution in [-0.2, 0) is 17.8 Å². The molecule has 0 spiro atoms. The number of carbonyl (C=O) groups excluding carboxylic acids is 2. The van der Waals surface area contributed by atoms with Crippen LogP contribution >= 0.6 is 0 Å². The number of aryl methyl sites for hydroxylation is 2. The Kier molecular flexibility index (Phi) is 6.80. The number of aromatic nitrogens is 4. The summed E-state index contributed by atoms with van der Waals surface area (Å²) >= 11 is 0. The van der Waals surface area contributed by atoms with Gasteiger partial charge in [-0.15, -0.1) is 0 Å². The lowest BCUT2D eigenvalue weighted by molar-refractivity contribution is -0.116. The van der Waals surface area contributed by atoms with Crippen molar-refractivity contribution in [1.82, 2.24) is 19.1 Å². The van der Waals surface area contributed by atoms with Gasteiger partial charge in [0.25, 0.3) is 5.91 Å². The third-order valence-electron chi connectivity index (χ3n) is 5.48. The fourth-order valence-corrected chi connectivity index (χ4v) is 3.70. The number of hydrogen-bond acceptors (Lipinski definition) is 5. The van der Waals surface area contributed by atoms with Crippen molar-refractivity contribution in [3.63, 3.8) is 0 Å². The highest BCUT2D eigenvalue weighted by Gasteiger charge is 2.11. The second-order valence-corrected chi connectivity index (χ2v) is 7.89. The topological polar surface area (TPSA) is 128 Å². The maximum atomic E-state index is 12.4. The first-order valence-electron chi connectivity index (χ1n) is 10.8. The van der Waals surface area contributed by atoms with Crippen LogP contribution in [0.25, 0.3) is 10.9 Å². The molecular weight excluding hydrogens is 420 g/mol. The van der Waals surface area contributed by atoms with Crippen LogP contribution in [0.2, 0.25) is 0 Å². The molecule has 0 aliphatic carbocycles. The number of nitrogens with two attached hydrogens (primary N) is 1. The molecule has 3 heterocycles. The molecule has 4 rings (SSSR count). The zero-order valence-corrected chi connectivity index (χ0v) is 18.1. The molecule has 1 atom stereocenters. The van der Waals surface area contributed by atoms with Crippen molar-refractivity contribution in [3.05, 3.63) is 78.8 Å². The molecule has 0 aliphatic heterocycles. The molecular formula is C24H26N6O3. The fourth-order valence-electron chi connectivity index (χ4n) is 3.70. The third kappa shape index (κ3) is 5.64. The fraction of sp³-hybridized carbons (Fsp3) is 0.250. The number of benzene rings is 1. The van der Waals surface area contributed by atoms with E-state index in [0.717, 1.165) is 22.2 Å². The van der Waals surface area contributed by atoms with Crippen LogP contribution in [0, 0.1) is 0 Å². The predicted molar refractivity (Wildman–Crippen MR) is 124 cm³/mol. The number of fused-ring (bicyclic) bond motifs is 1. The molecule has 4 aromatic rings. The number of rotatable bonds is 10.